The number of alkyl halides is 4. The van der Waals surface area contributed by atoms with E-state index >= 15 is 0 Å². The molecule has 0 aliphatic carbocycles. The molecule has 0 saturated heterocycles. The lowest BCUT2D eigenvalue weighted by molar-refractivity contribution is -0.192. The Morgan fingerprint density at radius 2 is 1.88 bits per heavy atom. The average molecular weight is 387 g/mol. The molecular weight excluding hydrogens is 362 g/mol. The van der Waals surface area contributed by atoms with Gasteiger partial charge in [-0.05, 0) is 24.8 Å². The topological polar surface area (TPSA) is 20.3 Å². The second-order valence-corrected chi connectivity index (χ2v) is 10.5. The van der Waals surface area contributed by atoms with E-state index in [-0.39, 0.29) is 6.54 Å². The number of aryl methyl sites for hydroxylation is 1. The smallest absolute Gasteiger partial charge is 0.343 e. The minimum absolute atomic E-state index is 0.0841. The van der Waals surface area contributed by atoms with Crippen LogP contribution in [0.3, 0.4) is 0 Å². The van der Waals surface area contributed by atoms with Crippen LogP contribution in [0.15, 0.2) is 48.8 Å². The first-order valence-corrected chi connectivity index (χ1v) is 11.0. The number of halogens is 4. The zero-order chi connectivity index (χ0) is 20.0. The van der Waals surface area contributed by atoms with E-state index in [1.54, 1.807) is 0 Å². The van der Waals surface area contributed by atoms with Gasteiger partial charge in [0, 0.05) is 13.6 Å². The van der Waals surface area contributed by atoms with E-state index in [0.717, 1.165) is 16.9 Å². The molecule has 1 atom stereocenters. The van der Waals surface area contributed by atoms with Crippen LogP contribution in [0, 0.1) is 0 Å². The normalized spacial score (nSPS) is 13.2. The van der Waals surface area contributed by atoms with E-state index in [1.165, 1.54) is 12.2 Å². The predicted octanol–water partition coefficient (Wildman–Crippen LogP) is 4.10. The number of hydrogen-bond acceptors (Lipinski definition) is 1. The third kappa shape index (κ3) is 5.83. The van der Waals surface area contributed by atoms with Crippen molar-refractivity contribution >= 4 is 19.2 Å². The van der Waals surface area contributed by atoms with Crippen molar-refractivity contribution in [3.05, 3.63) is 54.4 Å². The van der Waals surface area contributed by atoms with Gasteiger partial charge < -0.3 is 4.90 Å². The minimum Gasteiger partial charge on any atom is -0.343 e. The van der Waals surface area contributed by atoms with Crippen LogP contribution < -0.4 is 5.19 Å². The SMILES string of the molecule is C=C[Si](C)(C=C)c1cccc(CCCCN(C)C(=O)C(F)C(F)(F)F)c1. The Kier molecular flexibility index (Phi) is 7.81. The molecule has 0 aromatic heterocycles. The molecule has 0 aliphatic rings. The van der Waals surface area contributed by atoms with E-state index in [1.807, 2.05) is 29.6 Å². The van der Waals surface area contributed by atoms with Crippen molar-refractivity contribution in [2.45, 2.75) is 38.2 Å². The molecule has 0 heterocycles. The third-order valence-corrected chi connectivity index (χ3v) is 7.74. The van der Waals surface area contributed by atoms with Crippen LogP contribution in [0.25, 0.3) is 0 Å². The number of unbranched alkanes of at least 4 members (excludes halogenated alkanes) is 1. The summed E-state index contributed by atoms with van der Waals surface area (Å²) in [6.45, 7) is 10.0. The van der Waals surface area contributed by atoms with Gasteiger partial charge in [-0.3, -0.25) is 4.79 Å². The van der Waals surface area contributed by atoms with Crippen LogP contribution >= 0.6 is 0 Å². The molecule has 0 fully saturated rings. The number of carbonyl (C=O) groups excluding carboxylic acids is 1. The number of amides is 1. The summed E-state index contributed by atoms with van der Waals surface area (Å²) in [7, 11) is -0.702. The maximum Gasteiger partial charge on any atom is 0.428 e. The molecule has 26 heavy (non-hydrogen) atoms. The van der Waals surface area contributed by atoms with Crippen LogP contribution in [-0.4, -0.2) is 44.8 Å². The van der Waals surface area contributed by atoms with Crippen molar-refractivity contribution in [3.8, 4) is 0 Å². The van der Waals surface area contributed by atoms with Crippen LogP contribution in [0.5, 0.6) is 0 Å². The largest absolute Gasteiger partial charge is 0.428 e. The van der Waals surface area contributed by atoms with E-state index in [9.17, 15) is 22.4 Å². The molecule has 0 N–H and O–H groups in total. The molecule has 144 valence electrons. The van der Waals surface area contributed by atoms with Gasteiger partial charge in [0.05, 0.1) is 0 Å². The highest BCUT2D eigenvalue weighted by Crippen LogP contribution is 2.24. The summed E-state index contributed by atoms with van der Waals surface area (Å²) in [6.07, 6.45) is -6.70. The number of nitrogens with zero attached hydrogens (tertiary/aromatic N) is 1. The predicted molar refractivity (Wildman–Crippen MR) is 99.6 cm³/mol. The molecule has 1 rings (SSSR count). The lowest BCUT2D eigenvalue weighted by atomic mass is 10.1. The Labute approximate surface area is 153 Å². The highest BCUT2D eigenvalue weighted by molar-refractivity contribution is 6.98. The van der Waals surface area contributed by atoms with Crippen LogP contribution in [-0.2, 0) is 11.2 Å². The monoisotopic (exact) mass is 387 g/mol. The highest BCUT2D eigenvalue weighted by Gasteiger charge is 2.46. The van der Waals surface area contributed by atoms with Gasteiger partial charge in [-0.25, -0.2) is 4.39 Å². The summed E-state index contributed by atoms with van der Waals surface area (Å²) in [5, 5.41) is 1.19. The second-order valence-electron chi connectivity index (χ2n) is 6.51. The lowest BCUT2D eigenvalue weighted by Gasteiger charge is -2.21. The molecule has 0 spiro atoms. The summed E-state index contributed by atoms with van der Waals surface area (Å²) < 4.78 is 49.7. The summed E-state index contributed by atoms with van der Waals surface area (Å²) in [4.78, 5) is 12.2. The number of carbonyl (C=O) groups is 1. The van der Waals surface area contributed by atoms with Crippen LogP contribution in [0.2, 0.25) is 6.55 Å². The third-order valence-electron chi connectivity index (χ3n) is 4.49. The van der Waals surface area contributed by atoms with Gasteiger partial charge in [-0.2, -0.15) is 13.2 Å². The summed E-state index contributed by atoms with van der Waals surface area (Å²) in [5.74, 6) is -1.54. The fraction of sp³-hybridized carbons (Fsp3) is 0.421. The first kappa shape index (κ1) is 22.1. The Bertz CT molecular complexity index is 637. The molecule has 0 saturated carbocycles. The fourth-order valence-electron chi connectivity index (χ4n) is 2.50. The maximum atomic E-state index is 13.0. The molecule has 0 aliphatic heterocycles. The highest BCUT2D eigenvalue weighted by atomic mass is 28.3. The number of hydrogen-bond donors (Lipinski definition) is 0. The molecule has 0 bridgehead atoms. The van der Waals surface area contributed by atoms with Gasteiger partial charge in [0.25, 0.3) is 12.1 Å². The first-order chi connectivity index (χ1) is 12.0. The summed E-state index contributed by atoms with van der Waals surface area (Å²) in [5.41, 5.74) is 5.01. The van der Waals surface area contributed by atoms with Gasteiger partial charge in [0.2, 0.25) is 0 Å². The van der Waals surface area contributed by atoms with Crippen molar-refractivity contribution in [2.75, 3.05) is 13.6 Å². The summed E-state index contributed by atoms with van der Waals surface area (Å²) >= 11 is 0. The zero-order valence-corrected chi connectivity index (χ0v) is 16.2. The molecule has 1 amide bonds. The van der Waals surface area contributed by atoms with Gasteiger partial charge in [0.1, 0.15) is 8.07 Å². The van der Waals surface area contributed by atoms with Crippen LogP contribution in [0.4, 0.5) is 17.6 Å². The van der Waals surface area contributed by atoms with E-state index < -0.39 is 26.3 Å². The first-order valence-electron chi connectivity index (χ1n) is 8.37. The molecule has 1 aromatic rings. The quantitative estimate of drug-likeness (QED) is 0.355. The lowest BCUT2D eigenvalue weighted by Crippen LogP contribution is -2.42. The zero-order valence-electron chi connectivity index (χ0n) is 15.2. The minimum atomic E-state index is -5.15. The Balaban J connectivity index is 2.55. The molecule has 0 radical (unpaired) electrons. The van der Waals surface area contributed by atoms with E-state index in [4.69, 9.17) is 0 Å². The van der Waals surface area contributed by atoms with Gasteiger partial charge in [0.15, 0.2) is 0 Å². The fourth-order valence-corrected chi connectivity index (χ4v) is 4.09. The van der Waals surface area contributed by atoms with Crippen molar-refractivity contribution in [1.29, 1.82) is 0 Å². The molecule has 1 aromatic carbocycles. The number of rotatable bonds is 9. The van der Waals surface area contributed by atoms with E-state index in [0.29, 0.717) is 12.8 Å². The number of benzene rings is 1. The molecule has 2 nitrogen and oxygen atoms in total. The van der Waals surface area contributed by atoms with E-state index in [2.05, 4.69) is 25.8 Å². The van der Waals surface area contributed by atoms with Crippen LogP contribution in [0.1, 0.15) is 18.4 Å². The standard InChI is InChI=1S/C19H25F4NOSi/c1-5-26(4,6-2)16-12-9-11-15(14-16)10-7-8-13-24(3)18(25)17(20)19(21,22)23/h5-6,9,11-12,14,17H,1-2,7-8,10,13H2,3-4H3. The van der Waals surface area contributed by atoms with Crippen molar-refractivity contribution in [2.24, 2.45) is 0 Å². The van der Waals surface area contributed by atoms with Gasteiger partial charge >= 0.3 is 6.18 Å². The molecule has 1 unspecified atom stereocenters. The maximum absolute atomic E-state index is 13.0. The Morgan fingerprint density at radius 3 is 2.42 bits per heavy atom. The second kappa shape index (κ2) is 9.16. The Morgan fingerprint density at radius 1 is 1.27 bits per heavy atom. The molecular formula is C19H25F4NOSi. The summed E-state index contributed by atoms with van der Waals surface area (Å²) in [6, 6.07) is 8.10. The van der Waals surface area contributed by atoms with Gasteiger partial charge in [-0.1, -0.05) is 47.4 Å². The van der Waals surface area contributed by atoms with Crippen molar-refractivity contribution in [1.82, 2.24) is 4.90 Å². The van der Waals surface area contributed by atoms with Crippen molar-refractivity contribution in [3.63, 3.8) is 0 Å². The van der Waals surface area contributed by atoms with Crippen molar-refractivity contribution < 1.29 is 22.4 Å². The average Bonchev–Trinajstić information content (AvgIpc) is 2.62. The molecule has 7 heteroatoms. The Hall–Kier alpha value is -1.89. The van der Waals surface area contributed by atoms with Gasteiger partial charge in [-0.15, -0.1) is 13.2 Å².